The molecule has 0 spiro atoms. The molecule has 0 unspecified atom stereocenters. The minimum Gasteiger partial charge on any atom is -0.319 e. The van der Waals surface area contributed by atoms with Gasteiger partial charge in [0, 0.05) is 12.2 Å². The number of hydrogen-bond acceptors (Lipinski definition) is 4. The van der Waals surface area contributed by atoms with Crippen LogP contribution < -0.4 is 11.1 Å². The molecule has 0 saturated carbocycles. The Kier molecular flexibility index (Phi) is 13.1. The first-order chi connectivity index (χ1) is 9.61. The Morgan fingerprint density at radius 1 is 1.00 bits per heavy atom. The van der Waals surface area contributed by atoms with Gasteiger partial charge >= 0.3 is 0 Å². The summed E-state index contributed by atoms with van der Waals surface area (Å²) in [4.78, 5) is 22.8. The molecule has 2 amide bonds. The molecule has 1 atom stereocenters. The first-order valence-corrected chi connectivity index (χ1v) is 8.45. The minimum atomic E-state index is -0.703. The molecule has 0 rings (SSSR count). The maximum absolute atomic E-state index is 11.5. The van der Waals surface area contributed by atoms with Gasteiger partial charge in [0.1, 0.15) is 0 Å². The zero-order valence-corrected chi connectivity index (χ0v) is 13.6. The van der Waals surface area contributed by atoms with Crippen molar-refractivity contribution in [2.24, 2.45) is 5.73 Å². The van der Waals surface area contributed by atoms with E-state index in [1.807, 2.05) is 0 Å². The number of amides is 2. The predicted molar refractivity (Wildman–Crippen MR) is 86.8 cm³/mol. The van der Waals surface area contributed by atoms with Gasteiger partial charge in [-0.1, -0.05) is 58.3 Å². The van der Waals surface area contributed by atoms with E-state index in [-0.39, 0.29) is 11.7 Å². The molecule has 0 aromatic carbocycles. The van der Waals surface area contributed by atoms with Gasteiger partial charge in [0.05, 0.1) is 6.04 Å². The van der Waals surface area contributed by atoms with Crippen molar-refractivity contribution in [3.05, 3.63) is 0 Å². The van der Waals surface area contributed by atoms with E-state index in [0.29, 0.717) is 6.42 Å². The molecule has 3 N–H and O–H groups in total. The van der Waals surface area contributed by atoms with Crippen LogP contribution in [0.4, 0.5) is 0 Å². The number of hydrogen-bond donors (Lipinski definition) is 3. The van der Waals surface area contributed by atoms with Gasteiger partial charge < -0.3 is 5.73 Å². The summed E-state index contributed by atoms with van der Waals surface area (Å²) in [6.45, 7) is 2.22. The second-order valence-corrected chi connectivity index (χ2v) is 5.65. The largest absolute Gasteiger partial charge is 0.319 e. The number of nitrogens with two attached hydrogens (primary N) is 1. The van der Waals surface area contributed by atoms with E-state index < -0.39 is 11.9 Å². The van der Waals surface area contributed by atoms with E-state index in [4.69, 9.17) is 5.73 Å². The van der Waals surface area contributed by atoms with E-state index in [2.05, 4.69) is 24.9 Å². The van der Waals surface area contributed by atoms with E-state index in [0.717, 1.165) is 12.8 Å². The topological polar surface area (TPSA) is 72.2 Å². The Hall–Kier alpha value is -0.550. The number of carbonyl (C=O) groups is 2. The van der Waals surface area contributed by atoms with Crippen LogP contribution in [0.5, 0.6) is 0 Å². The third kappa shape index (κ3) is 11.3. The predicted octanol–water partition coefficient (Wildman–Crippen LogP) is 2.81. The summed E-state index contributed by atoms with van der Waals surface area (Å²) in [6.07, 6.45) is 11.3. The number of imide groups is 1. The van der Waals surface area contributed by atoms with Crippen LogP contribution in [0.1, 0.15) is 71.1 Å². The molecule has 5 heteroatoms. The highest BCUT2D eigenvalue weighted by Gasteiger charge is 2.13. The van der Waals surface area contributed by atoms with Crippen LogP contribution in [0.15, 0.2) is 0 Å². The van der Waals surface area contributed by atoms with Crippen LogP contribution in [0, 0.1) is 0 Å². The molecule has 0 aliphatic carbocycles. The fraction of sp³-hybridized carbons (Fsp3) is 0.867. The Morgan fingerprint density at radius 2 is 1.50 bits per heavy atom. The molecule has 0 fully saturated rings. The maximum Gasteiger partial charge on any atom is 0.244 e. The normalized spacial score (nSPS) is 12.2. The van der Waals surface area contributed by atoms with Crippen molar-refractivity contribution in [3.63, 3.8) is 0 Å². The van der Waals surface area contributed by atoms with Crippen LogP contribution in [0.25, 0.3) is 0 Å². The van der Waals surface area contributed by atoms with Gasteiger partial charge in [0.2, 0.25) is 11.8 Å². The average molecular weight is 302 g/mol. The van der Waals surface area contributed by atoms with Gasteiger partial charge in [-0.2, -0.15) is 12.6 Å². The Morgan fingerprint density at radius 3 is 2.00 bits per heavy atom. The van der Waals surface area contributed by atoms with Crippen LogP contribution in [-0.4, -0.2) is 23.6 Å². The number of unbranched alkanes of at least 4 members (excludes halogenated alkanes) is 8. The zero-order chi connectivity index (χ0) is 15.2. The third-order valence-electron chi connectivity index (χ3n) is 3.30. The lowest BCUT2D eigenvalue weighted by molar-refractivity contribution is -0.130. The molecule has 0 aromatic rings. The monoisotopic (exact) mass is 302 g/mol. The van der Waals surface area contributed by atoms with Crippen LogP contribution in [-0.2, 0) is 9.59 Å². The van der Waals surface area contributed by atoms with Gasteiger partial charge in [0.25, 0.3) is 0 Å². The van der Waals surface area contributed by atoms with Crippen molar-refractivity contribution < 1.29 is 9.59 Å². The summed E-state index contributed by atoms with van der Waals surface area (Å²) < 4.78 is 0. The highest BCUT2D eigenvalue weighted by atomic mass is 32.1. The highest BCUT2D eigenvalue weighted by molar-refractivity contribution is 7.80. The fourth-order valence-corrected chi connectivity index (χ4v) is 2.14. The highest BCUT2D eigenvalue weighted by Crippen LogP contribution is 2.10. The van der Waals surface area contributed by atoms with Crippen LogP contribution in [0.2, 0.25) is 0 Å². The molecular weight excluding hydrogens is 272 g/mol. The quantitative estimate of drug-likeness (QED) is 0.383. The number of thiol groups is 1. The molecule has 0 aromatic heterocycles. The lowest BCUT2D eigenvalue weighted by Crippen LogP contribution is -2.44. The van der Waals surface area contributed by atoms with E-state index >= 15 is 0 Å². The molecule has 0 saturated heterocycles. The van der Waals surface area contributed by atoms with E-state index in [1.165, 1.54) is 44.9 Å². The van der Waals surface area contributed by atoms with E-state index in [9.17, 15) is 9.59 Å². The Labute approximate surface area is 128 Å². The number of rotatable bonds is 12. The van der Waals surface area contributed by atoms with Crippen molar-refractivity contribution in [2.45, 2.75) is 77.2 Å². The zero-order valence-electron chi connectivity index (χ0n) is 12.7. The fourth-order valence-electron chi connectivity index (χ4n) is 1.97. The van der Waals surface area contributed by atoms with Gasteiger partial charge in [-0.15, -0.1) is 0 Å². The molecule has 0 aliphatic rings. The van der Waals surface area contributed by atoms with Crippen molar-refractivity contribution in [2.75, 3.05) is 5.75 Å². The summed E-state index contributed by atoms with van der Waals surface area (Å²) >= 11 is 3.92. The number of nitrogens with one attached hydrogen (secondary N) is 1. The van der Waals surface area contributed by atoms with Gasteiger partial charge in [-0.3, -0.25) is 14.9 Å². The van der Waals surface area contributed by atoms with E-state index in [1.54, 1.807) is 0 Å². The molecule has 0 radical (unpaired) electrons. The third-order valence-corrected chi connectivity index (χ3v) is 3.70. The summed E-state index contributed by atoms with van der Waals surface area (Å²) in [5, 5.41) is 2.30. The first kappa shape index (κ1) is 19.4. The maximum atomic E-state index is 11.5. The van der Waals surface area contributed by atoms with Crippen molar-refractivity contribution >= 4 is 24.4 Å². The van der Waals surface area contributed by atoms with Crippen molar-refractivity contribution in [1.82, 2.24) is 5.32 Å². The number of carbonyl (C=O) groups excluding carboxylic acids is 2. The summed E-state index contributed by atoms with van der Waals surface area (Å²) in [7, 11) is 0. The summed E-state index contributed by atoms with van der Waals surface area (Å²) in [6, 6.07) is -0.703. The SMILES string of the molecule is CCCCCCCCCCCC(=O)NC(=O)[C@@H](N)CS. The van der Waals surface area contributed by atoms with Gasteiger partial charge in [-0.05, 0) is 6.42 Å². The van der Waals surface area contributed by atoms with Crippen molar-refractivity contribution in [1.29, 1.82) is 0 Å². The second-order valence-electron chi connectivity index (χ2n) is 5.28. The summed E-state index contributed by atoms with van der Waals surface area (Å²) in [5.74, 6) is -0.409. The minimum absolute atomic E-state index is 0.227. The van der Waals surface area contributed by atoms with Gasteiger partial charge in [0.15, 0.2) is 0 Å². The molecule has 4 nitrogen and oxygen atoms in total. The molecule has 0 heterocycles. The lowest BCUT2D eigenvalue weighted by Gasteiger charge is -2.08. The van der Waals surface area contributed by atoms with Crippen LogP contribution in [0.3, 0.4) is 0 Å². The molecule has 0 bridgehead atoms. The molecule has 0 aliphatic heterocycles. The summed E-state index contributed by atoms with van der Waals surface area (Å²) in [5.41, 5.74) is 5.47. The van der Waals surface area contributed by atoms with Gasteiger partial charge in [-0.25, -0.2) is 0 Å². The molecule has 20 heavy (non-hydrogen) atoms. The Balaban J connectivity index is 3.38. The molecule has 118 valence electrons. The average Bonchev–Trinajstić information content (AvgIpc) is 2.44. The standard InChI is InChI=1S/C15H30N2O2S/c1-2-3-4-5-6-7-8-9-10-11-14(18)17-15(19)13(16)12-20/h13,20H,2-12,16H2,1H3,(H,17,18,19)/t13-/m0/s1. The first-order valence-electron chi connectivity index (χ1n) is 7.82. The Bertz CT molecular complexity index is 273. The molecular formula is C15H30N2O2S. The van der Waals surface area contributed by atoms with Crippen molar-refractivity contribution in [3.8, 4) is 0 Å². The lowest BCUT2D eigenvalue weighted by atomic mass is 10.1. The smallest absolute Gasteiger partial charge is 0.244 e. The second kappa shape index (κ2) is 13.4. The van der Waals surface area contributed by atoms with Crippen LogP contribution >= 0.6 is 12.6 Å².